The Morgan fingerprint density at radius 1 is 1.39 bits per heavy atom. The van der Waals surface area contributed by atoms with E-state index in [0.717, 1.165) is 12.8 Å². The smallest absolute Gasteiger partial charge is 0.335 e. The highest BCUT2D eigenvalue weighted by Crippen LogP contribution is 2.08. The van der Waals surface area contributed by atoms with Crippen molar-refractivity contribution < 1.29 is 18.3 Å². The first-order chi connectivity index (χ1) is 8.44. The van der Waals surface area contributed by atoms with Crippen LogP contribution in [0, 0.1) is 0 Å². The third-order valence-electron chi connectivity index (χ3n) is 2.38. The van der Waals surface area contributed by atoms with Gasteiger partial charge in [0, 0.05) is 6.54 Å². The molecule has 1 aromatic rings. The molecule has 0 bridgehead atoms. The molecule has 0 aliphatic heterocycles. The molecule has 0 saturated heterocycles. The molecule has 0 spiro atoms. The van der Waals surface area contributed by atoms with Crippen molar-refractivity contribution in [3.8, 4) is 0 Å². The van der Waals surface area contributed by atoms with Crippen LogP contribution < -0.4 is 4.72 Å². The van der Waals surface area contributed by atoms with E-state index in [1.807, 2.05) is 6.92 Å². The van der Waals surface area contributed by atoms with Crippen LogP contribution in [0.5, 0.6) is 0 Å². The molecule has 2 N–H and O–H groups in total. The van der Waals surface area contributed by atoms with E-state index in [1.54, 1.807) is 12.1 Å². The molecule has 0 radical (unpaired) electrons. The Morgan fingerprint density at radius 3 is 2.72 bits per heavy atom. The minimum atomic E-state index is -3.39. The van der Waals surface area contributed by atoms with Gasteiger partial charge in [-0.05, 0) is 24.1 Å². The summed E-state index contributed by atoms with van der Waals surface area (Å²) < 4.78 is 25.9. The fourth-order valence-corrected chi connectivity index (χ4v) is 2.64. The monoisotopic (exact) mass is 271 g/mol. The third-order valence-corrected chi connectivity index (χ3v) is 3.74. The number of nitrogens with one attached hydrogen (secondary N) is 1. The summed E-state index contributed by atoms with van der Waals surface area (Å²) >= 11 is 0. The van der Waals surface area contributed by atoms with Crippen molar-refractivity contribution in [2.45, 2.75) is 25.5 Å². The van der Waals surface area contributed by atoms with Crippen molar-refractivity contribution in [1.82, 2.24) is 4.72 Å². The Hall–Kier alpha value is -1.40. The normalized spacial score (nSPS) is 11.4. The van der Waals surface area contributed by atoms with Gasteiger partial charge in [0.2, 0.25) is 10.0 Å². The van der Waals surface area contributed by atoms with Crippen LogP contribution in [0.1, 0.15) is 35.7 Å². The Balaban J connectivity index is 2.72. The van der Waals surface area contributed by atoms with E-state index in [4.69, 9.17) is 5.11 Å². The molecule has 100 valence electrons. The Bertz CT molecular complexity index is 511. The molecule has 0 saturated carbocycles. The molecular formula is C12H17NO4S. The fourth-order valence-electron chi connectivity index (χ4n) is 1.47. The summed E-state index contributed by atoms with van der Waals surface area (Å²) in [7, 11) is -3.39. The molecule has 0 aliphatic carbocycles. The lowest BCUT2D eigenvalue weighted by molar-refractivity contribution is 0.0696. The van der Waals surface area contributed by atoms with Crippen LogP contribution in [0.2, 0.25) is 0 Å². The number of carboxylic acids is 1. The number of benzene rings is 1. The molecular weight excluding hydrogens is 254 g/mol. The summed E-state index contributed by atoms with van der Waals surface area (Å²) in [6, 6.07) is 5.95. The van der Waals surface area contributed by atoms with Gasteiger partial charge in [0.25, 0.3) is 0 Å². The number of sulfonamides is 1. The fraction of sp³-hybridized carbons (Fsp3) is 0.417. The van der Waals surface area contributed by atoms with Crippen LogP contribution in [-0.4, -0.2) is 26.0 Å². The first-order valence-electron chi connectivity index (χ1n) is 5.74. The van der Waals surface area contributed by atoms with Gasteiger partial charge in [-0.25, -0.2) is 17.9 Å². The minimum absolute atomic E-state index is 0.0938. The average Bonchev–Trinajstić information content (AvgIpc) is 2.28. The Labute approximate surface area is 107 Å². The van der Waals surface area contributed by atoms with Crippen molar-refractivity contribution in [1.29, 1.82) is 0 Å². The number of hydrogen-bond acceptors (Lipinski definition) is 3. The number of carbonyl (C=O) groups is 1. The number of hydrogen-bond donors (Lipinski definition) is 2. The second kappa shape index (κ2) is 6.51. The summed E-state index contributed by atoms with van der Waals surface area (Å²) in [5.74, 6) is -1.26. The lowest BCUT2D eigenvalue weighted by Crippen LogP contribution is -2.26. The van der Waals surface area contributed by atoms with Crippen LogP contribution in [0.15, 0.2) is 24.3 Å². The zero-order valence-electron chi connectivity index (χ0n) is 10.2. The van der Waals surface area contributed by atoms with Crippen LogP contribution in [0.3, 0.4) is 0 Å². The third kappa shape index (κ3) is 4.85. The average molecular weight is 271 g/mol. The maximum Gasteiger partial charge on any atom is 0.335 e. The SMILES string of the molecule is CCCCNS(=O)(=O)Cc1cccc(C(=O)O)c1. The van der Waals surface area contributed by atoms with E-state index in [0.29, 0.717) is 12.1 Å². The summed E-state index contributed by atoms with van der Waals surface area (Å²) in [6.07, 6.45) is 1.70. The second-order valence-corrected chi connectivity index (χ2v) is 5.82. The molecule has 1 rings (SSSR count). The van der Waals surface area contributed by atoms with Crippen LogP contribution in [-0.2, 0) is 15.8 Å². The molecule has 1 aromatic carbocycles. The predicted octanol–water partition coefficient (Wildman–Crippen LogP) is 1.60. The first-order valence-corrected chi connectivity index (χ1v) is 7.39. The number of unbranched alkanes of at least 4 members (excludes halogenated alkanes) is 1. The van der Waals surface area contributed by atoms with Crippen molar-refractivity contribution in [3.05, 3.63) is 35.4 Å². The molecule has 0 fully saturated rings. The first kappa shape index (κ1) is 14.7. The molecule has 18 heavy (non-hydrogen) atoms. The van der Waals surface area contributed by atoms with Gasteiger partial charge in [0.15, 0.2) is 0 Å². The molecule has 0 amide bonds. The van der Waals surface area contributed by atoms with Crippen LogP contribution >= 0.6 is 0 Å². The van der Waals surface area contributed by atoms with Gasteiger partial charge in [0.1, 0.15) is 0 Å². The van der Waals surface area contributed by atoms with E-state index < -0.39 is 16.0 Å². The van der Waals surface area contributed by atoms with Crippen molar-refractivity contribution >= 4 is 16.0 Å². The highest BCUT2D eigenvalue weighted by Gasteiger charge is 2.12. The van der Waals surface area contributed by atoms with E-state index in [-0.39, 0.29) is 11.3 Å². The molecule has 0 atom stereocenters. The Kier molecular flexibility index (Phi) is 5.30. The highest BCUT2D eigenvalue weighted by atomic mass is 32.2. The van der Waals surface area contributed by atoms with Gasteiger partial charge in [-0.3, -0.25) is 0 Å². The Morgan fingerprint density at radius 2 is 2.11 bits per heavy atom. The largest absolute Gasteiger partial charge is 0.478 e. The van der Waals surface area contributed by atoms with Gasteiger partial charge in [-0.15, -0.1) is 0 Å². The lowest BCUT2D eigenvalue weighted by atomic mass is 10.1. The summed E-state index contributed by atoms with van der Waals surface area (Å²) in [4.78, 5) is 10.8. The topological polar surface area (TPSA) is 83.5 Å². The van der Waals surface area contributed by atoms with Gasteiger partial charge >= 0.3 is 5.97 Å². The highest BCUT2D eigenvalue weighted by molar-refractivity contribution is 7.88. The van der Waals surface area contributed by atoms with Gasteiger partial charge in [0.05, 0.1) is 11.3 Å². The lowest BCUT2D eigenvalue weighted by Gasteiger charge is -2.06. The molecule has 0 unspecified atom stereocenters. The number of rotatable bonds is 7. The van der Waals surface area contributed by atoms with Crippen LogP contribution in [0.4, 0.5) is 0 Å². The molecule has 6 heteroatoms. The maximum atomic E-state index is 11.7. The van der Waals surface area contributed by atoms with Gasteiger partial charge < -0.3 is 5.11 Å². The number of aromatic carboxylic acids is 1. The van der Waals surface area contributed by atoms with Gasteiger partial charge in [-0.2, -0.15) is 0 Å². The van der Waals surface area contributed by atoms with Crippen molar-refractivity contribution in [2.24, 2.45) is 0 Å². The molecule has 5 nitrogen and oxygen atoms in total. The van der Waals surface area contributed by atoms with Crippen molar-refractivity contribution in [2.75, 3.05) is 6.54 Å². The predicted molar refractivity (Wildman–Crippen MR) is 68.9 cm³/mol. The number of carboxylic acid groups (broad SMARTS) is 1. The van der Waals surface area contributed by atoms with E-state index in [1.165, 1.54) is 12.1 Å². The second-order valence-electron chi connectivity index (χ2n) is 4.01. The summed E-state index contributed by atoms with van der Waals surface area (Å²) in [6.45, 7) is 2.39. The van der Waals surface area contributed by atoms with Crippen LogP contribution in [0.25, 0.3) is 0 Å². The quantitative estimate of drug-likeness (QED) is 0.738. The zero-order chi connectivity index (χ0) is 13.6. The molecule has 0 aromatic heterocycles. The molecule has 0 aliphatic rings. The standard InChI is InChI=1S/C12H17NO4S/c1-2-3-7-13-18(16,17)9-10-5-4-6-11(8-10)12(14)15/h4-6,8,13H,2-3,7,9H2,1H3,(H,14,15). The summed E-state index contributed by atoms with van der Waals surface area (Å²) in [5.41, 5.74) is 0.565. The van der Waals surface area contributed by atoms with Crippen molar-refractivity contribution in [3.63, 3.8) is 0 Å². The van der Waals surface area contributed by atoms with Gasteiger partial charge in [-0.1, -0.05) is 25.5 Å². The maximum absolute atomic E-state index is 11.7. The zero-order valence-corrected chi connectivity index (χ0v) is 11.0. The molecule has 0 heterocycles. The minimum Gasteiger partial charge on any atom is -0.478 e. The van der Waals surface area contributed by atoms with E-state index in [2.05, 4.69) is 4.72 Å². The van der Waals surface area contributed by atoms with E-state index in [9.17, 15) is 13.2 Å². The van der Waals surface area contributed by atoms with E-state index >= 15 is 0 Å². The summed E-state index contributed by atoms with van der Waals surface area (Å²) in [5, 5.41) is 8.82.